The van der Waals surface area contributed by atoms with E-state index in [0.29, 0.717) is 51.6 Å². The first kappa shape index (κ1) is 15.6. The van der Waals surface area contributed by atoms with Gasteiger partial charge in [-0.1, -0.05) is 0 Å². The number of carbonyl (C=O) groups excluding carboxylic acids is 1. The van der Waals surface area contributed by atoms with Crippen LogP contribution < -0.4 is 10.1 Å². The lowest BCUT2D eigenvalue weighted by atomic mass is 10.2. The van der Waals surface area contributed by atoms with Crippen molar-refractivity contribution in [2.45, 2.75) is 13.0 Å². The highest BCUT2D eigenvalue weighted by atomic mass is 16.5. The molecule has 0 spiro atoms. The predicted molar refractivity (Wildman–Crippen MR) is 78.4 cm³/mol. The molecular weight excluding hydrogens is 272 g/mol. The Bertz CT molecular complexity index is 473. The average Bonchev–Trinajstić information content (AvgIpc) is 2.53. The summed E-state index contributed by atoms with van der Waals surface area (Å²) in [5.41, 5.74) is 0.758. The Hall–Kier alpha value is -1.79. The number of ether oxygens (including phenoxy) is 2. The smallest absolute Gasteiger partial charge is 0.224 e. The minimum Gasteiger partial charge on any atom is -0.508 e. The topological polar surface area (TPSA) is 71.0 Å². The maximum atomic E-state index is 11.9. The Labute approximate surface area is 124 Å². The van der Waals surface area contributed by atoms with Gasteiger partial charge in [-0.15, -0.1) is 0 Å². The molecule has 6 heteroatoms. The molecule has 0 unspecified atom stereocenters. The molecule has 21 heavy (non-hydrogen) atoms. The van der Waals surface area contributed by atoms with E-state index < -0.39 is 0 Å². The van der Waals surface area contributed by atoms with Crippen molar-refractivity contribution >= 4 is 5.91 Å². The number of morpholine rings is 1. The highest BCUT2D eigenvalue weighted by Crippen LogP contribution is 2.22. The first-order valence-corrected chi connectivity index (χ1v) is 7.13. The van der Waals surface area contributed by atoms with Gasteiger partial charge in [0.15, 0.2) is 0 Å². The molecule has 1 amide bonds. The van der Waals surface area contributed by atoms with Gasteiger partial charge in [-0.05, 0) is 18.2 Å². The van der Waals surface area contributed by atoms with Gasteiger partial charge in [0, 0.05) is 38.2 Å². The normalized spacial score (nSPS) is 15.0. The molecule has 0 saturated carbocycles. The Balaban J connectivity index is 1.73. The van der Waals surface area contributed by atoms with Crippen molar-refractivity contribution in [2.75, 3.05) is 40.0 Å². The summed E-state index contributed by atoms with van der Waals surface area (Å²) in [6.07, 6.45) is 0.449. The Kier molecular flexibility index (Phi) is 5.83. The molecule has 0 radical (unpaired) electrons. The summed E-state index contributed by atoms with van der Waals surface area (Å²) < 4.78 is 10.3. The lowest BCUT2D eigenvalue weighted by molar-refractivity contribution is -0.135. The van der Waals surface area contributed by atoms with Crippen molar-refractivity contribution in [3.05, 3.63) is 23.8 Å². The number of hydrogen-bond donors (Lipinski definition) is 2. The van der Waals surface area contributed by atoms with E-state index in [4.69, 9.17) is 9.47 Å². The van der Waals surface area contributed by atoms with Gasteiger partial charge in [-0.3, -0.25) is 4.79 Å². The second-order valence-electron chi connectivity index (χ2n) is 4.91. The van der Waals surface area contributed by atoms with Gasteiger partial charge < -0.3 is 24.8 Å². The molecule has 116 valence electrons. The minimum absolute atomic E-state index is 0.140. The number of phenols is 1. The van der Waals surface area contributed by atoms with Gasteiger partial charge >= 0.3 is 0 Å². The second kappa shape index (κ2) is 7.85. The SMILES string of the molecule is COc1ccc(O)c(CNCCC(=O)N2CCOCC2)c1. The Morgan fingerprint density at radius 1 is 1.43 bits per heavy atom. The van der Waals surface area contributed by atoms with Crippen molar-refractivity contribution in [1.29, 1.82) is 0 Å². The van der Waals surface area contributed by atoms with Crippen LogP contribution in [0.25, 0.3) is 0 Å². The summed E-state index contributed by atoms with van der Waals surface area (Å²) in [6.45, 7) is 3.67. The van der Waals surface area contributed by atoms with Crippen LogP contribution in [0.1, 0.15) is 12.0 Å². The number of nitrogens with zero attached hydrogens (tertiary/aromatic N) is 1. The van der Waals surface area contributed by atoms with Crippen LogP contribution in [0.3, 0.4) is 0 Å². The molecule has 1 saturated heterocycles. The maximum absolute atomic E-state index is 11.9. The first-order chi connectivity index (χ1) is 10.2. The third kappa shape index (κ3) is 4.61. The van der Waals surface area contributed by atoms with Crippen LogP contribution >= 0.6 is 0 Å². The number of aromatic hydroxyl groups is 1. The molecule has 1 aliphatic rings. The van der Waals surface area contributed by atoms with Crippen molar-refractivity contribution in [3.8, 4) is 11.5 Å². The largest absolute Gasteiger partial charge is 0.508 e. The van der Waals surface area contributed by atoms with Gasteiger partial charge in [0.05, 0.1) is 20.3 Å². The van der Waals surface area contributed by atoms with E-state index in [9.17, 15) is 9.90 Å². The van der Waals surface area contributed by atoms with E-state index in [1.165, 1.54) is 0 Å². The van der Waals surface area contributed by atoms with Crippen molar-refractivity contribution < 1.29 is 19.4 Å². The number of nitrogens with one attached hydrogen (secondary N) is 1. The van der Waals surface area contributed by atoms with Crippen LogP contribution in [0.4, 0.5) is 0 Å². The van der Waals surface area contributed by atoms with E-state index in [2.05, 4.69) is 5.32 Å². The minimum atomic E-state index is 0.140. The molecule has 1 fully saturated rings. The molecule has 0 aliphatic carbocycles. The number of benzene rings is 1. The highest BCUT2D eigenvalue weighted by molar-refractivity contribution is 5.76. The van der Waals surface area contributed by atoms with Crippen LogP contribution in [0.5, 0.6) is 11.5 Å². The standard InChI is InChI=1S/C15H22N2O4/c1-20-13-2-3-14(18)12(10-13)11-16-5-4-15(19)17-6-8-21-9-7-17/h2-3,10,16,18H,4-9,11H2,1H3. The number of hydrogen-bond acceptors (Lipinski definition) is 5. The fourth-order valence-corrected chi connectivity index (χ4v) is 2.22. The van der Waals surface area contributed by atoms with Crippen LogP contribution in [-0.2, 0) is 16.1 Å². The molecule has 6 nitrogen and oxygen atoms in total. The van der Waals surface area contributed by atoms with E-state index in [1.54, 1.807) is 25.3 Å². The maximum Gasteiger partial charge on any atom is 0.224 e. The number of methoxy groups -OCH3 is 1. The molecule has 0 bridgehead atoms. The molecular formula is C15H22N2O4. The Morgan fingerprint density at radius 3 is 2.90 bits per heavy atom. The average molecular weight is 294 g/mol. The number of phenolic OH excluding ortho intramolecular Hbond substituents is 1. The highest BCUT2D eigenvalue weighted by Gasteiger charge is 2.15. The van der Waals surface area contributed by atoms with Crippen molar-refractivity contribution in [1.82, 2.24) is 10.2 Å². The van der Waals surface area contributed by atoms with Gasteiger partial charge in [-0.25, -0.2) is 0 Å². The zero-order chi connectivity index (χ0) is 15.1. The first-order valence-electron chi connectivity index (χ1n) is 7.13. The quantitative estimate of drug-likeness (QED) is 0.757. The molecule has 1 heterocycles. The summed E-state index contributed by atoms with van der Waals surface area (Å²) >= 11 is 0. The molecule has 0 atom stereocenters. The number of amides is 1. The van der Waals surface area contributed by atoms with Gasteiger partial charge in [0.1, 0.15) is 11.5 Å². The van der Waals surface area contributed by atoms with Gasteiger partial charge in [-0.2, -0.15) is 0 Å². The zero-order valence-corrected chi connectivity index (χ0v) is 12.3. The van der Waals surface area contributed by atoms with E-state index in [0.717, 1.165) is 5.56 Å². The summed E-state index contributed by atoms with van der Waals surface area (Å²) in [7, 11) is 1.59. The van der Waals surface area contributed by atoms with Crippen LogP contribution in [-0.4, -0.2) is 55.9 Å². The van der Waals surface area contributed by atoms with Gasteiger partial charge in [0.2, 0.25) is 5.91 Å². The van der Waals surface area contributed by atoms with Crippen LogP contribution in [0.15, 0.2) is 18.2 Å². The lowest BCUT2D eigenvalue weighted by Gasteiger charge is -2.26. The molecule has 1 aromatic carbocycles. The molecule has 2 rings (SSSR count). The van der Waals surface area contributed by atoms with E-state index in [1.807, 2.05) is 4.90 Å². The molecule has 0 aromatic heterocycles. The summed E-state index contributed by atoms with van der Waals surface area (Å²) in [6, 6.07) is 5.10. The predicted octanol–water partition coefficient (Wildman–Crippen LogP) is 0.739. The summed E-state index contributed by atoms with van der Waals surface area (Å²) in [4.78, 5) is 13.8. The molecule has 1 aromatic rings. The second-order valence-corrected chi connectivity index (χ2v) is 4.91. The fourth-order valence-electron chi connectivity index (χ4n) is 2.22. The fraction of sp³-hybridized carbons (Fsp3) is 0.533. The van der Waals surface area contributed by atoms with Crippen molar-refractivity contribution in [2.24, 2.45) is 0 Å². The van der Waals surface area contributed by atoms with E-state index in [-0.39, 0.29) is 11.7 Å². The zero-order valence-electron chi connectivity index (χ0n) is 12.3. The van der Waals surface area contributed by atoms with E-state index >= 15 is 0 Å². The van der Waals surface area contributed by atoms with Crippen LogP contribution in [0, 0.1) is 0 Å². The van der Waals surface area contributed by atoms with Crippen molar-refractivity contribution in [3.63, 3.8) is 0 Å². The van der Waals surface area contributed by atoms with Gasteiger partial charge in [0.25, 0.3) is 0 Å². The third-order valence-corrected chi connectivity index (χ3v) is 3.48. The Morgan fingerprint density at radius 2 is 2.19 bits per heavy atom. The van der Waals surface area contributed by atoms with Crippen LogP contribution in [0.2, 0.25) is 0 Å². The molecule has 2 N–H and O–H groups in total. The monoisotopic (exact) mass is 294 g/mol. The number of carbonyl (C=O) groups is 1. The third-order valence-electron chi connectivity index (χ3n) is 3.48. The summed E-state index contributed by atoms with van der Waals surface area (Å²) in [5.74, 6) is 1.07. The summed E-state index contributed by atoms with van der Waals surface area (Å²) in [5, 5.41) is 12.9. The lowest BCUT2D eigenvalue weighted by Crippen LogP contribution is -2.41. The molecule has 1 aliphatic heterocycles. The number of rotatable bonds is 6.